The largest absolute Gasteiger partial charge is 0.481 e. The van der Waals surface area contributed by atoms with Crippen LogP contribution in [0.2, 0.25) is 0 Å². The fourth-order valence-corrected chi connectivity index (χ4v) is 3.08. The Balaban J connectivity index is 1.93. The molecule has 1 unspecified atom stereocenters. The molecule has 1 fully saturated rings. The molecule has 1 aliphatic carbocycles. The van der Waals surface area contributed by atoms with Crippen LogP contribution in [0.15, 0.2) is 24.3 Å². The molecule has 0 bridgehead atoms. The van der Waals surface area contributed by atoms with Gasteiger partial charge >= 0.3 is 5.97 Å². The first-order chi connectivity index (χ1) is 9.65. The number of aliphatic hydroxyl groups is 1. The Hall–Kier alpha value is -1.35. The summed E-state index contributed by atoms with van der Waals surface area (Å²) in [6.07, 6.45) is 7.35. The lowest BCUT2D eigenvalue weighted by Gasteiger charge is -2.15. The van der Waals surface area contributed by atoms with Gasteiger partial charge in [-0.25, -0.2) is 0 Å². The molecule has 0 spiro atoms. The highest BCUT2D eigenvalue weighted by Crippen LogP contribution is 2.31. The summed E-state index contributed by atoms with van der Waals surface area (Å²) in [4.78, 5) is 10.5. The molecule has 0 radical (unpaired) electrons. The van der Waals surface area contributed by atoms with Gasteiger partial charge in [0.1, 0.15) is 0 Å². The predicted molar refractivity (Wildman–Crippen MR) is 78.8 cm³/mol. The lowest BCUT2D eigenvalue weighted by molar-refractivity contribution is -0.139. The third kappa shape index (κ3) is 4.64. The summed E-state index contributed by atoms with van der Waals surface area (Å²) in [5.74, 6) is -0.275. The fourth-order valence-electron chi connectivity index (χ4n) is 3.08. The highest BCUT2D eigenvalue weighted by Gasteiger charge is 2.15. The Kier molecular flexibility index (Phi) is 5.60. The molecule has 1 aliphatic rings. The van der Waals surface area contributed by atoms with Crippen LogP contribution in [0.4, 0.5) is 0 Å². The molecular formula is C17H24O3. The van der Waals surface area contributed by atoms with Gasteiger partial charge in [0.05, 0.1) is 12.5 Å². The van der Waals surface area contributed by atoms with E-state index in [0.717, 1.165) is 5.56 Å². The second kappa shape index (κ2) is 7.44. The van der Waals surface area contributed by atoms with Gasteiger partial charge in [-0.2, -0.15) is 0 Å². The van der Waals surface area contributed by atoms with Gasteiger partial charge in [-0.05, 0) is 36.3 Å². The Morgan fingerprint density at radius 2 is 1.70 bits per heavy atom. The van der Waals surface area contributed by atoms with E-state index in [1.807, 2.05) is 12.1 Å². The zero-order chi connectivity index (χ0) is 14.4. The number of aliphatic carboxylic acids is 1. The normalized spacial score (nSPS) is 18.4. The van der Waals surface area contributed by atoms with Gasteiger partial charge in [-0.15, -0.1) is 0 Å². The van der Waals surface area contributed by atoms with Crippen LogP contribution in [0.3, 0.4) is 0 Å². The Bertz CT molecular complexity index is 416. The number of hydrogen-bond donors (Lipinski definition) is 2. The number of carboxylic acid groups (broad SMARTS) is 1. The number of aliphatic hydroxyl groups excluding tert-OH is 1. The monoisotopic (exact) mass is 276 g/mol. The first-order valence-electron chi connectivity index (χ1n) is 7.64. The van der Waals surface area contributed by atoms with Gasteiger partial charge in [0.15, 0.2) is 0 Å². The van der Waals surface area contributed by atoms with E-state index < -0.39 is 12.1 Å². The molecule has 0 aliphatic heterocycles. The maximum atomic E-state index is 10.5. The molecule has 0 saturated heterocycles. The van der Waals surface area contributed by atoms with Gasteiger partial charge < -0.3 is 10.2 Å². The average Bonchev–Trinajstić information content (AvgIpc) is 2.67. The minimum atomic E-state index is -0.951. The van der Waals surface area contributed by atoms with E-state index in [4.69, 9.17) is 5.11 Å². The van der Waals surface area contributed by atoms with Crippen LogP contribution in [-0.4, -0.2) is 22.3 Å². The van der Waals surface area contributed by atoms with E-state index >= 15 is 0 Å². The molecule has 2 N–H and O–H groups in total. The number of benzene rings is 1. The van der Waals surface area contributed by atoms with Crippen LogP contribution in [0.5, 0.6) is 0 Å². The summed E-state index contributed by atoms with van der Waals surface area (Å²) in [6.45, 7) is 0. The standard InChI is InChI=1S/C17H24O3/c18-16(12-17(19)20)11-13-7-9-15(10-8-13)14-5-3-1-2-4-6-14/h7-10,14,16,18H,1-6,11-12H2,(H,19,20). The van der Waals surface area contributed by atoms with Crippen molar-refractivity contribution < 1.29 is 15.0 Å². The molecule has 0 amide bonds. The molecular weight excluding hydrogens is 252 g/mol. The third-order valence-electron chi connectivity index (χ3n) is 4.19. The summed E-state index contributed by atoms with van der Waals surface area (Å²) >= 11 is 0. The Morgan fingerprint density at radius 1 is 1.10 bits per heavy atom. The van der Waals surface area contributed by atoms with Gasteiger partial charge in [0.2, 0.25) is 0 Å². The second-order valence-corrected chi connectivity index (χ2v) is 5.89. The summed E-state index contributed by atoms with van der Waals surface area (Å²) in [5.41, 5.74) is 2.40. The zero-order valence-corrected chi connectivity index (χ0v) is 11.9. The highest BCUT2D eigenvalue weighted by atomic mass is 16.4. The molecule has 20 heavy (non-hydrogen) atoms. The molecule has 3 heteroatoms. The van der Waals surface area contributed by atoms with Gasteiger partial charge in [0, 0.05) is 0 Å². The van der Waals surface area contributed by atoms with Crippen LogP contribution < -0.4 is 0 Å². The molecule has 2 rings (SSSR count). The smallest absolute Gasteiger partial charge is 0.305 e. The minimum Gasteiger partial charge on any atom is -0.481 e. The molecule has 1 aromatic carbocycles. The molecule has 3 nitrogen and oxygen atoms in total. The molecule has 1 aromatic rings. The number of rotatable bonds is 5. The van der Waals surface area contributed by atoms with Crippen LogP contribution in [-0.2, 0) is 11.2 Å². The van der Waals surface area contributed by atoms with Crippen molar-refractivity contribution in [2.45, 2.75) is 63.4 Å². The van der Waals surface area contributed by atoms with Crippen molar-refractivity contribution in [2.75, 3.05) is 0 Å². The third-order valence-corrected chi connectivity index (χ3v) is 4.19. The summed E-state index contributed by atoms with van der Waals surface area (Å²) in [5, 5.41) is 18.3. The van der Waals surface area contributed by atoms with Crippen molar-refractivity contribution in [3.63, 3.8) is 0 Å². The zero-order valence-electron chi connectivity index (χ0n) is 11.9. The van der Waals surface area contributed by atoms with E-state index in [1.54, 1.807) is 0 Å². The highest BCUT2D eigenvalue weighted by molar-refractivity contribution is 5.67. The van der Waals surface area contributed by atoms with E-state index in [1.165, 1.54) is 44.1 Å². The van der Waals surface area contributed by atoms with Crippen LogP contribution >= 0.6 is 0 Å². The number of carboxylic acids is 1. The van der Waals surface area contributed by atoms with E-state index in [9.17, 15) is 9.90 Å². The maximum absolute atomic E-state index is 10.5. The summed E-state index contributed by atoms with van der Waals surface area (Å²) in [7, 11) is 0. The van der Waals surface area contributed by atoms with Crippen molar-refractivity contribution in [3.05, 3.63) is 35.4 Å². The predicted octanol–water partition coefficient (Wildman–Crippen LogP) is 3.50. The van der Waals surface area contributed by atoms with Gasteiger partial charge in [0.25, 0.3) is 0 Å². The van der Waals surface area contributed by atoms with Crippen LogP contribution in [0.1, 0.15) is 62.0 Å². The summed E-state index contributed by atoms with van der Waals surface area (Å²) in [6, 6.07) is 8.37. The van der Waals surface area contributed by atoms with Crippen molar-refractivity contribution in [3.8, 4) is 0 Å². The quantitative estimate of drug-likeness (QED) is 0.809. The van der Waals surface area contributed by atoms with E-state index in [-0.39, 0.29) is 6.42 Å². The maximum Gasteiger partial charge on any atom is 0.305 e. The Morgan fingerprint density at radius 3 is 2.25 bits per heavy atom. The lowest BCUT2D eigenvalue weighted by atomic mass is 9.91. The molecule has 110 valence electrons. The molecule has 1 saturated carbocycles. The van der Waals surface area contributed by atoms with E-state index in [0.29, 0.717) is 12.3 Å². The van der Waals surface area contributed by atoms with Crippen molar-refractivity contribution in [2.24, 2.45) is 0 Å². The number of hydrogen-bond acceptors (Lipinski definition) is 2. The van der Waals surface area contributed by atoms with Crippen molar-refractivity contribution in [1.82, 2.24) is 0 Å². The van der Waals surface area contributed by atoms with Gasteiger partial charge in [-0.1, -0.05) is 49.9 Å². The lowest BCUT2D eigenvalue weighted by Crippen LogP contribution is -2.15. The molecule has 0 heterocycles. The second-order valence-electron chi connectivity index (χ2n) is 5.89. The van der Waals surface area contributed by atoms with Crippen LogP contribution in [0, 0.1) is 0 Å². The van der Waals surface area contributed by atoms with Crippen molar-refractivity contribution >= 4 is 5.97 Å². The van der Waals surface area contributed by atoms with Crippen LogP contribution in [0.25, 0.3) is 0 Å². The minimum absolute atomic E-state index is 0.190. The summed E-state index contributed by atoms with van der Waals surface area (Å²) < 4.78 is 0. The fraction of sp³-hybridized carbons (Fsp3) is 0.588. The first kappa shape index (κ1) is 15.0. The Labute approximate surface area is 120 Å². The van der Waals surface area contributed by atoms with Gasteiger partial charge in [-0.3, -0.25) is 4.79 Å². The molecule has 0 aromatic heterocycles. The number of carbonyl (C=O) groups is 1. The van der Waals surface area contributed by atoms with E-state index in [2.05, 4.69) is 12.1 Å². The average molecular weight is 276 g/mol. The first-order valence-corrected chi connectivity index (χ1v) is 7.64. The molecule has 1 atom stereocenters. The van der Waals surface area contributed by atoms with Crippen molar-refractivity contribution in [1.29, 1.82) is 0 Å². The topological polar surface area (TPSA) is 57.5 Å². The SMILES string of the molecule is O=C(O)CC(O)Cc1ccc(C2CCCCCC2)cc1.